The van der Waals surface area contributed by atoms with E-state index in [9.17, 15) is 0 Å². The maximum Gasteiger partial charge on any atom is 0.127 e. The van der Waals surface area contributed by atoms with Crippen LogP contribution in [-0.2, 0) is 0 Å². The second-order valence-corrected chi connectivity index (χ2v) is 3.39. The Labute approximate surface area is 117 Å². The van der Waals surface area contributed by atoms with Crippen molar-refractivity contribution in [2.75, 3.05) is 39.3 Å². The maximum atomic E-state index is 8.25. The fourth-order valence-electron chi connectivity index (χ4n) is 1.38. The van der Waals surface area contributed by atoms with Gasteiger partial charge in [-0.3, -0.25) is 0 Å². The van der Waals surface area contributed by atoms with Gasteiger partial charge in [0.05, 0.1) is 15.3 Å². The van der Waals surface area contributed by atoms with Crippen LogP contribution in [0.15, 0.2) is 0 Å². The summed E-state index contributed by atoms with van der Waals surface area (Å²) in [6.45, 7) is 7.68. The van der Waals surface area contributed by atoms with Crippen molar-refractivity contribution in [3.8, 4) is 0 Å². The first-order chi connectivity index (χ1) is 9.63. The van der Waals surface area contributed by atoms with Gasteiger partial charge in [-0.15, -0.1) is 0 Å². The fourth-order valence-corrected chi connectivity index (χ4v) is 1.38. The molecule has 6 N–H and O–H groups in total. The number of hydrogen-bond donors (Lipinski definition) is 3. The Balaban J connectivity index is -0.000000230. The van der Waals surface area contributed by atoms with Crippen molar-refractivity contribution in [3.05, 3.63) is 46.0 Å². The third-order valence-corrected chi connectivity index (χ3v) is 1.93. The third kappa shape index (κ3) is 58.2. The first-order valence-electron chi connectivity index (χ1n) is 5.52. The molecule has 0 unspecified atom stereocenters. The second kappa shape index (κ2) is 17.5. The Morgan fingerprint density at radius 2 is 1.14 bits per heavy atom. The third-order valence-electron chi connectivity index (χ3n) is 1.93. The van der Waals surface area contributed by atoms with E-state index in [0.717, 1.165) is 6.54 Å². The zero-order valence-electron chi connectivity index (χ0n) is 11.0. The van der Waals surface area contributed by atoms with Crippen molar-refractivity contribution in [1.29, 1.82) is 0 Å². The average Bonchev–Trinajstić information content (AvgIpc) is 2.28. The van der Waals surface area contributed by atoms with Crippen molar-refractivity contribution in [3.63, 3.8) is 0 Å². The molecule has 0 atom stereocenters. The van der Waals surface area contributed by atoms with E-state index in [2.05, 4.69) is 11.1 Å². The van der Waals surface area contributed by atoms with Crippen molar-refractivity contribution in [2.45, 2.75) is 0 Å². The van der Waals surface area contributed by atoms with Crippen LogP contribution in [0.3, 0.4) is 0 Å². The van der Waals surface area contributed by atoms with E-state index in [1.54, 1.807) is 4.90 Å². The van der Waals surface area contributed by atoms with Crippen LogP contribution in [-0.4, -0.2) is 54.5 Å². The van der Waals surface area contributed by atoms with Gasteiger partial charge in [0.1, 0.15) is 39.3 Å². The van der Waals surface area contributed by atoms with E-state index >= 15 is 0 Å². The summed E-state index contributed by atoms with van der Waals surface area (Å²) < 4.78 is 0. The van der Waals surface area contributed by atoms with Gasteiger partial charge in [-0.1, -0.05) is 0 Å². The monoisotopic (exact) mass is 318 g/mol. The summed E-state index contributed by atoms with van der Waals surface area (Å²) in [5.41, 5.74) is 3.85. The van der Waals surface area contributed by atoms with Gasteiger partial charge in [0.2, 0.25) is 0 Å². The smallest absolute Gasteiger partial charge is 0.127 e. The molecule has 0 aromatic carbocycles. The van der Waals surface area contributed by atoms with Crippen molar-refractivity contribution in [2.24, 2.45) is 0 Å². The Morgan fingerprint density at radius 3 is 1.38 bits per heavy atom. The molecule has 1 heterocycles. The highest BCUT2D eigenvalue weighted by atomic mass is 16.9. The molecular formula is C6H18N6O9. The largest absolute Gasteiger partial charge is 0.356 e. The molecule has 1 saturated heterocycles. The summed E-state index contributed by atoms with van der Waals surface area (Å²) in [6, 6.07) is 0. The zero-order chi connectivity index (χ0) is 17.3. The molecule has 1 rings (SSSR count). The van der Waals surface area contributed by atoms with E-state index in [-0.39, 0.29) is 0 Å². The van der Waals surface area contributed by atoms with Crippen LogP contribution in [0.4, 0.5) is 0 Å². The number of quaternary nitrogens is 3. The molecule has 0 spiro atoms. The molecule has 1 fully saturated rings. The summed E-state index contributed by atoms with van der Waals surface area (Å²) in [5, 5.41) is 46.6. The lowest BCUT2D eigenvalue weighted by atomic mass is 10.3. The average molecular weight is 318 g/mol. The van der Waals surface area contributed by atoms with E-state index in [1.807, 2.05) is 0 Å². The topological polar surface area (TPSA) is 247 Å². The fraction of sp³-hybridized carbons (Fsp3) is 1.00. The van der Waals surface area contributed by atoms with Gasteiger partial charge in [0.25, 0.3) is 0 Å². The molecule has 0 radical (unpaired) electrons. The minimum atomic E-state index is -1.75. The molecular weight excluding hydrogens is 300 g/mol. The van der Waals surface area contributed by atoms with Gasteiger partial charge in [-0.05, 0) is 0 Å². The van der Waals surface area contributed by atoms with Gasteiger partial charge in [-0.2, -0.15) is 0 Å². The van der Waals surface area contributed by atoms with Crippen LogP contribution in [0.2, 0.25) is 0 Å². The highest BCUT2D eigenvalue weighted by Crippen LogP contribution is 1.51. The van der Waals surface area contributed by atoms with Gasteiger partial charge >= 0.3 is 0 Å². The predicted octanol–water partition coefficient (Wildman–Crippen LogP) is -5.03. The first kappa shape index (κ1) is 23.6. The normalized spacial score (nSPS) is 13.0. The quantitative estimate of drug-likeness (QED) is 0.325. The summed E-state index contributed by atoms with van der Waals surface area (Å²) in [6.07, 6.45) is 0. The van der Waals surface area contributed by atoms with Gasteiger partial charge in [0, 0.05) is 0 Å². The van der Waals surface area contributed by atoms with Gasteiger partial charge in [-0.25, -0.2) is 0 Å². The molecule has 1 aliphatic rings. The first-order valence-corrected chi connectivity index (χ1v) is 5.52. The molecule has 1 aliphatic heterocycles. The molecule has 0 aliphatic carbocycles. The summed E-state index contributed by atoms with van der Waals surface area (Å²) >= 11 is 0. The molecule has 0 aromatic heterocycles. The van der Waals surface area contributed by atoms with E-state index in [4.69, 9.17) is 46.0 Å². The van der Waals surface area contributed by atoms with Crippen LogP contribution >= 0.6 is 0 Å². The number of nitrogens with zero attached hydrogens (tertiary/aromatic N) is 3. The molecule has 0 saturated carbocycles. The van der Waals surface area contributed by atoms with Gasteiger partial charge in [0.15, 0.2) is 0 Å². The second-order valence-electron chi connectivity index (χ2n) is 3.39. The summed E-state index contributed by atoms with van der Waals surface area (Å²) in [4.78, 5) is 26.5. The molecule has 21 heavy (non-hydrogen) atoms. The van der Waals surface area contributed by atoms with Crippen LogP contribution in [0.1, 0.15) is 0 Å². The highest BCUT2D eigenvalue weighted by molar-refractivity contribution is 4.32. The minimum absolute atomic E-state index is 1.09. The summed E-state index contributed by atoms with van der Waals surface area (Å²) in [5.74, 6) is 0. The van der Waals surface area contributed by atoms with Crippen LogP contribution in [0.5, 0.6) is 0 Å². The number of nitrogens with two attached hydrogens (primary N) is 1. The molecule has 15 nitrogen and oxygen atoms in total. The Hall–Kier alpha value is -2.52. The standard InChI is InChI=1S/C6H15N3.3NO3/c7-1-4-9-5-2-8-3-6-9;3*2-1(3)4/h8H,1-7H2;;;/q;3*-1/p+3. The van der Waals surface area contributed by atoms with Gasteiger partial charge < -0.3 is 61.9 Å². The minimum Gasteiger partial charge on any atom is -0.356 e. The Bertz CT molecular complexity index is 241. The highest BCUT2D eigenvalue weighted by Gasteiger charge is 2.13. The number of piperazine rings is 1. The van der Waals surface area contributed by atoms with E-state index in [0.29, 0.717) is 0 Å². The molecule has 0 amide bonds. The van der Waals surface area contributed by atoms with Crippen LogP contribution < -0.4 is 16.0 Å². The molecule has 0 aromatic rings. The molecule has 126 valence electrons. The zero-order valence-corrected chi connectivity index (χ0v) is 11.0. The molecule has 15 heteroatoms. The van der Waals surface area contributed by atoms with E-state index < -0.39 is 15.3 Å². The van der Waals surface area contributed by atoms with Crippen LogP contribution in [0.25, 0.3) is 0 Å². The number of hydrogen-bond acceptors (Lipinski definition) is 9. The van der Waals surface area contributed by atoms with Crippen molar-refractivity contribution >= 4 is 0 Å². The lowest BCUT2D eigenvalue weighted by molar-refractivity contribution is -0.950. The lowest BCUT2D eigenvalue weighted by Crippen LogP contribution is -3.21. The maximum absolute atomic E-state index is 8.25. The predicted molar refractivity (Wildman–Crippen MR) is 66.1 cm³/mol. The summed E-state index contributed by atoms with van der Waals surface area (Å²) in [7, 11) is 0. The number of nitrogens with one attached hydrogen (secondary N) is 1. The number of rotatable bonds is 2. The Morgan fingerprint density at radius 1 is 0.857 bits per heavy atom. The van der Waals surface area contributed by atoms with Crippen molar-refractivity contribution in [1.82, 2.24) is 0 Å². The SMILES string of the molecule is O=[N+]([O-])[O-].O=[N+]([O-])[O-].O=[N+]([O-])[O-].[NH3+]CC[NH+]1CC[NH2+]CC1. The lowest BCUT2D eigenvalue weighted by Gasteiger charge is -2.20. The molecule has 0 bridgehead atoms. The van der Waals surface area contributed by atoms with E-state index in [1.165, 1.54) is 32.7 Å². The van der Waals surface area contributed by atoms with Crippen LogP contribution in [0, 0.1) is 46.0 Å². The van der Waals surface area contributed by atoms with Crippen molar-refractivity contribution < 1.29 is 31.2 Å². The Kier molecular flexibility index (Phi) is 19.6.